The number of benzene rings is 13. The Morgan fingerprint density at radius 1 is 0.139 bits per heavy atom. The van der Waals surface area contributed by atoms with Crippen LogP contribution < -0.4 is 0 Å². The Morgan fingerprint density at radius 2 is 0.278 bits per heavy atom. The van der Waals surface area contributed by atoms with E-state index in [2.05, 4.69) is 255 Å². The van der Waals surface area contributed by atoms with Crippen molar-refractivity contribution in [2.24, 2.45) is 0 Å². The molecule has 6 heteroatoms. The highest BCUT2D eigenvalue weighted by Gasteiger charge is 2.29. The fourth-order valence-corrected chi connectivity index (χ4v) is 16.8. The smallest absolute Gasteiger partial charge is 0.0425 e. The Labute approximate surface area is 445 Å². The Bertz CT molecular complexity index is 3480. The molecule has 13 aromatic rings. The second kappa shape index (κ2) is 20.2. The summed E-state index contributed by atoms with van der Waals surface area (Å²) in [6.07, 6.45) is 0. The Kier molecular flexibility index (Phi) is 12.7. The Balaban J connectivity index is 1.13. The molecule has 0 spiro atoms. The van der Waals surface area contributed by atoms with Crippen LogP contribution in [0.4, 0.5) is 0 Å². The van der Waals surface area contributed by atoms with Gasteiger partial charge in [0.1, 0.15) is 0 Å². The van der Waals surface area contributed by atoms with E-state index in [1.54, 1.807) is 0 Å². The normalized spacial score (nSPS) is 11.7. The maximum atomic E-state index is 2.37. The molecule has 0 atom stereocenters. The molecule has 0 saturated heterocycles. The summed E-state index contributed by atoms with van der Waals surface area (Å²) in [7, 11) is 0. The Hall–Kier alpha value is -6.48. The summed E-state index contributed by atoms with van der Waals surface area (Å²) in [6.45, 7) is 0. The molecule has 0 radical (unpaired) electrons. The van der Waals surface area contributed by atoms with E-state index >= 15 is 0 Å². The molecule has 0 fully saturated rings. The molecule has 0 nitrogen and oxygen atoms in total. The van der Waals surface area contributed by atoms with Crippen LogP contribution in [0.3, 0.4) is 0 Å². The molecule has 342 valence electrons. The van der Waals surface area contributed by atoms with Gasteiger partial charge in [-0.1, -0.05) is 253 Å². The highest BCUT2D eigenvalue weighted by atomic mass is 32.2. The van der Waals surface area contributed by atoms with Crippen LogP contribution in [0.25, 0.3) is 64.6 Å². The molecule has 0 aromatic heterocycles. The standard InChI is InChI=1S/C66H42S6/c1-7-19-49-37-55(31-25-43(49)13-1)67-61-62(68-56-32-26-44-14-2-8-20-50(44)38-56)64(70-58-34-28-46-16-4-10-22-52(46)40-58)66(72-60-36-30-48-18-6-12-24-54(48)42-60)65(71-59-35-29-47-17-5-11-23-53(47)41-59)63(61)69-57-33-27-45-15-3-9-21-51(45)39-57/h1-42H. The van der Waals surface area contributed by atoms with Crippen LogP contribution in [-0.4, -0.2) is 0 Å². The molecule has 0 unspecified atom stereocenters. The summed E-state index contributed by atoms with van der Waals surface area (Å²) in [6, 6.07) is 94.1. The molecule has 0 heterocycles. The van der Waals surface area contributed by atoms with Gasteiger partial charge in [0.05, 0.1) is 0 Å². The van der Waals surface area contributed by atoms with Gasteiger partial charge in [0.2, 0.25) is 0 Å². The lowest BCUT2D eigenvalue weighted by molar-refractivity contribution is 0.871. The summed E-state index contributed by atoms with van der Waals surface area (Å²) in [5.41, 5.74) is 0. The van der Waals surface area contributed by atoms with Gasteiger partial charge in [-0.05, 0) is 137 Å². The third-order valence-corrected chi connectivity index (χ3v) is 20.3. The zero-order chi connectivity index (χ0) is 47.8. The molecule has 0 aliphatic carbocycles. The van der Waals surface area contributed by atoms with E-state index in [0.29, 0.717) is 0 Å². The maximum absolute atomic E-state index is 2.37. The first-order valence-electron chi connectivity index (χ1n) is 23.8. The summed E-state index contributed by atoms with van der Waals surface area (Å²) in [5, 5.41) is 14.8. The predicted molar refractivity (Wildman–Crippen MR) is 315 cm³/mol. The molecule has 13 rings (SSSR count). The zero-order valence-electron chi connectivity index (χ0n) is 38.7. The van der Waals surface area contributed by atoms with Crippen molar-refractivity contribution in [1.82, 2.24) is 0 Å². The molecule has 13 aromatic carbocycles. The zero-order valence-corrected chi connectivity index (χ0v) is 43.6. The number of hydrogen-bond donors (Lipinski definition) is 0. The van der Waals surface area contributed by atoms with Gasteiger partial charge in [-0.25, -0.2) is 0 Å². The van der Waals surface area contributed by atoms with E-state index in [-0.39, 0.29) is 0 Å². The minimum Gasteiger partial charge on any atom is -0.0876 e. The van der Waals surface area contributed by atoms with E-state index < -0.39 is 0 Å². The van der Waals surface area contributed by atoms with Crippen LogP contribution in [0.2, 0.25) is 0 Å². The second-order valence-electron chi connectivity index (χ2n) is 17.6. The van der Waals surface area contributed by atoms with Crippen LogP contribution in [0.5, 0.6) is 0 Å². The lowest BCUT2D eigenvalue weighted by atomic mass is 10.1. The van der Waals surface area contributed by atoms with Crippen LogP contribution in [0.1, 0.15) is 0 Å². The van der Waals surface area contributed by atoms with Crippen molar-refractivity contribution < 1.29 is 0 Å². The monoisotopic (exact) mass is 1030 g/mol. The van der Waals surface area contributed by atoms with Crippen molar-refractivity contribution in [3.8, 4) is 0 Å². The molecular weight excluding hydrogens is 985 g/mol. The SMILES string of the molecule is c1ccc2cc(Sc3c(Sc4ccc5ccccc5c4)c(Sc4ccc5ccccc5c4)c(Sc4ccc5ccccc5c4)c(Sc4ccc5ccccc5c4)c3Sc3ccc4ccccc4c3)ccc2c1. The fraction of sp³-hybridized carbons (Fsp3) is 0. The molecule has 0 saturated carbocycles. The molecule has 0 aliphatic heterocycles. The van der Waals surface area contributed by atoms with Gasteiger partial charge in [0, 0.05) is 58.7 Å². The van der Waals surface area contributed by atoms with E-state index in [9.17, 15) is 0 Å². The maximum Gasteiger partial charge on any atom is 0.0425 e. The average molecular weight is 1030 g/mol. The Morgan fingerprint density at radius 3 is 0.431 bits per heavy atom. The summed E-state index contributed by atoms with van der Waals surface area (Å²) < 4.78 is 0. The molecular formula is C66H42S6. The van der Waals surface area contributed by atoms with Crippen LogP contribution >= 0.6 is 70.6 Å². The summed E-state index contributed by atoms with van der Waals surface area (Å²) >= 11 is 11.4. The van der Waals surface area contributed by atoms with Gasteiger partial charge in [-0.15, -0.1) is 0 Å². The average Bonchev–Trinajstić information content (AvgIpc) is 3.43. The minimum atomic E-state index is 1.20. The fourth-order valence-electron chi connectivity index (χ4n) is 9.27. The number of hydrogen-bond acceptors (Lipinski definition) is 6. The minimum absolute atomic E-state index is 1.20. The molecule has 0 N–H and O–H groups in total. The topological polar surface area (TPSA) is 0 Å². The quantitative estimate of drug-likeness (QED) is 0.119. The van der Waals surface area contributed by atoms with E-state index in [1.165, 1.54) is 123 Å². The highest BCUT2D eigenvalue weighted by Crippen LogP contribution is 2.60. The summed E-state index contributed by atoms with van der Waals surface area (Å²) in [5.74, 6) is 0. The largest absolute Gasteiger partial charge is 0.0876 e. The van der Waals surface area contributed by atoms with Crippen molar-refractivity contribution in [3.63, 3.8) is 0 Å². The first kappa shape index (κ1) is 45.4. The molecule has 0 amide bonds. The van der Waals surface area contributed by atoms with E-state index in [0.717, 1.165) is 0 Å². The van der Waals surface area contributed by atoms with Crippen LogP contribution in [0.15, 0.2) is 314 Å². The van der Waals surface area contributed by atoms with Crippen LogP contribution in [0, 0.1) is 0 Å². The highest BCUT2D eigenvalue weighted by molar-refractivity contribution is 8.07. The van der Waals surface area contributed by atoms with Gasteiger partial charge >= 0.3 is 0 Å². The van der Waals surface area contributed by atoms with Gasteiger partial charge in [-0.2, -0.15) is 0 Å². The van der Waals surface area contributed by atoms with Gasteiger partial charge in [-0.3, -0.25) is 0 Å². The lowest BCUT2D eigenvalue weighted by Gasteiger charge is -2.26. The van der Waals surface area contributed by atoms with Crippen molar-refractivity contribution in [2.45, 2.75) is 58.7 Å². The number of rotatable bonds is 12. The van der Waals surface area contributed by atoms with Gasteiger partial charge < -0.3 is 0 Å². The molecule has 0 aliphatic rings. The van der Waals surface area contributed by atoms with Crippen molar-refractivity contribution in [1.29, 1.82) is 0 Å². The third-order valence-electron chi connectivity index (χ3n) is 12.9. The first-order valence-corrected chi connectivity index (χ1v) is 28.7. The third kappa shape index (κ3) is 9.52. The lowest BCUT2D eigenvalue weighted by Crippen LogP contribution is -1.97. The van der Waals surface area contributed by atoms with Crippen molar-refractivity contribution >= 4 is 135 Å². The first-order chi connectivity index (χ1) is 35.6. The number of fused-ring (bicyclic) bond motifs is 6. The summed E-state index contributed by atoms with van der Waals surface area (Å²) in [4.78, 5) is 14.7. The van der Waals surface area contributed by atoms with E-state index in [1.807, 2.05) is 70.6 Å². The van der Waals surface area contributed by atoms with Gasteiger partial charge in [0.25, 0.3) is 0 Å². The van der Waals surface area contributed by atoms with Crippen LogP contribution in [-0.2, 0) is 0 Å². The van der Waals surface area contributed by atoms with Gasteiger partial charge in [0.15, 0.2) is 0 Å². The predicted octanol–water partition coefficient (Wildman–Crippen LogP) is 21.5. The molecule has 72 heavy (non-hydrogen) atoms. The second-order valence-corrected chi connectivity index (χ2v) is 24.1. The molecule has 0 bridgehead atoms. The van der Waals surface area contributed by atoms with Crippen molar-refractivity contribution in [3.05, 3.63) is 255 Å². The van der Waals surface area contributed by atoms with Crippen molar-refractivity contribution in [2.75, 3.05) is 0 Å². The van der Waals surface area contributed by atoms with E-state index in [4.69, 9.17) is 0 Å².